The fourth-order valence-electron chi connectivity index (χ4n) is 1.95. The smallest absolute Gasteiger partial charge is 0.127 e. The van der Waals surface area contributed by atoms with Crippen molar-refractivity contribution in [2.24, 2.45) is 5.73 Å². The van der Waals surface area contributed by atoms with E-state index in [9.17, 15) is 0 Å². The molecule has 0 aliphatic heterocycles. The van der Waals surface area contributed by atoms with Gasteiger partial charge in [0.2, 0.25) is 0 Å². The van der Waals surface area contributed by atoms with E-state index in [0.29, 0.717) is 11.5 Å². The van der Waals surface area contributed by atoms with Crippen LogP contribution in [0.25, 0.3) is 0 Å². The van der Waals surface area contributed by atoms with Gasteiger partial charge in [0.1, 0.15) is 11.5 Å². The quantitative estimate of drug-likeness (QED) is 0.940. The Morgan fingerprint density at radius 2 is 1.79 bits per heavy atom. The van der Waals surface area contributed by atoms with E-state index in [-0.39, 0.29) is 6.04 Å². The zero-order valence-corrected chi connectivity index (χ0v) is 12.3. The van der Waals surface area contributed by atoms with E-state index in [1.165, 1.54) is 0 Å². The maximum absolute atomic E-state index is 6.32. The summed E-state index contributed by atoms with van der Waals surface area (Å²) in [6.45, 7) is 0. The zero-order valence-electron chi connectivity index (χ0n) is 10.8. The Hall–Kier alpha value is -1.59. The molecule has 19 heavy (non-hydrogen) atoms. The second kappa shape index (κ2) is 6.04. The standard InChI is InChI=1S/C14H15BrN2O2/c1-18-11-4-3-5-12(19-2)13(11)14(16)9-6-10(15)8-17-7-9/h3-8,14H,16H2,1-2H3. The predicted molar refractivity (Wildman–Crippen MR) is 77.5 cm³/mol. The van der Waals surface area contributed by atoms with Gasteiger partial charge in [-0.2, -0.15) is 0 Å². The van der Waals surface area contributed by atoms with Gasteiger partial charge in [-0.1, -0.05) is 6.07 Å². The molecule has 0 aliphatic rings. The van der Waals surface area contributed by atoms with E-state index in [0.717, 1.165) is 15.6 Å². The number of rotatable bonds is 4. The minimum absolute atomic E-state index is 0.365. The van der Waals surface area contributed by atoms with Crippen molar-refractivity contribution in [3.8, 4) is 11.5 Å². The highest BCUT2D eigenvalue weighted by Crippen LogP contribution is 2.36. The summed E-state index contributed by atoms with van der Waals surface area (Å²) < 4.78 is 11.6. The molecule has 0 bridgehead atoms. The lowest BCUT2D eigenvalue weighted by Crippen LogP contribution is -2.14. The Morgan fingerprint density at radius 1 is 1.16 bits per heavy atom. The number of aromatic nitrogens is 1. The highest BCUT2D eigenvalue weighted by atomic mass is 79.9. The molecular weight excluding hydrogens is 308 g/mol. The van der Waals surface area contributed by atoms with Crippen LogP contribution in [-0.4, -0.2) is 19.2 Å². The Balaban J connectivity index is 2.51. The average Bonchev–Trinajstić information content (AvgIpc) is 2.45. The van der Waals surface area contributed by atoms with E-state index in [1.807, 2.05) is 24.3 Å². The van der Waals surface area contributed by atoms with Gasteiger partial charge in [0.15, 0.2) is 0 Å². The Kier molecular flexibility index (Phi) is 4.39. The first-order chi connectivity index (χ1) is 9.17. The molecule has 100 valence electrons. The minimum Gasteiger partial charge on any atom is -0.496 e. The lowest BCUT2D eigenvalue weighted by molar-refractivity contribution is 0.382. The van der Waals surface area contributed by atoms with E-state index >= 15 is 0 Å². The van der Waals surface area contributed by atoms with Gasteiger partial charge in [0.25, 0.3) is 0 Å². The number of methoxy groups -OCH3 is 2. The first kappa shape index (κ1) is 13.8. The zero-order chi connectivity index (χ0) is 13.8. The van der Waals surface area contributed by atoms with Crippen molar-refractivity contribution in [2.45, 2.75) is 6.04 Å². The van der Waals surface area contributed by atoms with Crippen LogP contribution in [0.2, 0.25) is 0 Å². The van der Waals surface area contributed by atoms with Gasteiger partial charge in [-0.15, -0.1) is 0 Å². The van der Waals surface area contributed by atoms with Crippen molar-refractivity contribution in [1.29, 1.82) is 0 Å². The first-order valence-electron chi connectivity index (χ1n) is 5.74. The van der Waals surface area contributed by atoms with Crippen LogP contribution in [0.1, 0.15) is 17.2 Å². The number of nitrogens with two attached hydrogens (primary N) is 1. The van der Waals surface area contributed by atoms with E-state index in [4.69, 9.17) is 15.2 Å². The molecule has 5 heteroatoms. The Morgan fingerprint density at radius 3 is 2.32 bits per heavy atom. The fraction of sp³-hybridized carbons (Fsp3) is 0.214. The summed E-state index contributed by atoms with van der Waals surface area (Å²) in [5.41, 5.74) is 8.02. The van der Waals surface area contributed by atoms with Gasteiger partial charge in [0, 0.05) is 16.9 Å². The molecular formula is C14H15BrN2O2. The van der Waals surface area contributed by atoms with Gasteiger partial charge >= 0.3 is 0 Å². The molecule has 1 aromatic heterocycles. The number of benzene rings is 1. The summed E-state index contributed by atoms with van der Waals surface area (Å²) in [4.78, 5) is 4.13. The molecule has 1 atom stereocenters. The largest absolute Gasteiger partial charge is 0.496 e. The number of nitrogens with zero attached hydrogens (tertiary/aromatic N) is 1. The number of halogens is 1. The highest BCUT2D eigenvalue weighted by Gasteiger charge is 2.19. The monoisotopic (exact) mass is 322 g/mol. The first-order valence-corrected chi connectivity index (χ1v) is 6.53. The lowest BCUT2D eigenvalue weighted by Gasteiger charge is -2.19. The van der Waals surface area contributed by atoms with Crippen LogP contribution in [-0.2, 0) is 0 Å². The molecule has 2 aromatic rings. The van der Waals surface area contributed by atoms with Crippen LogP contribution in [0.15, 0.2) is 41.1 Å². The third-order valence-corrected chi connectivity index (χ3v) is 3.30. The summed E-state index contributed by atoms with van der Waals surface area (Å²) >= 11 is 3.39. The Bertz CT molecular complexity index is 553. The lowest BCUT2D eigenvalue weighted by atomic mass is 9.99. The van der Waals surface area contributed by atoms with Crippen molar-refractivity contribution >= 4 is 15.9 Å². The molecule has 1 aromatic carbocycles. The number of hydrogen-bond acceptors (Lipinski definition) is 4. The van der Waals surface area contributed by atoms with Crippen molar-refractivity contribution in [3.63, 3.8) is 0 Å². The normalized spacial score (nSPS) is 12.0. The molecule has 0 radical (unpaired) electrons. The molecule has 0 amide bonds. The van der Waals surface area contributed by atoms with Crippen LogP contribution < -0.4 is 15.2 Å². The minimum atomic E-state index is -0.365. The topological polar surface area (TPSA) is 57.4 Å². The second-order valence-corrected chi connectivity index (χ2v) is 4.91. The van der Waals surface area contributed by atoms with E-state index in [1.54, 1.807) is 26.6 Å². The van der Waals surface area contributed by atoms with Crippen LogP contribution in [0.4, 0.5) is 0 Å². The maximum Gasteiger partial charge on any atom is 0.127 e. The van der Waals surface area contributed by atoms with Gasteiger partial charge in [0.05, 0.1) is 25.8 Å². The maximum atomic E-state index is 6.32. The van der Waals surface area contributed by atoms with Crippen molar-refractivity contribution in [1.82, 2.24) is 4.98 Å². The van der Waals surface area contributed by atoms with E-state index in [2.05, 4.69) is 20.9 Å². The van der Waals surface area contributed by atoms with Gasteiger partial charge in [-0.25, -0.2) is 0 Å². The molecule has 1 heterocycles. The molecule has 0 saturated carbocycles. The fourth-order valence-corrected chi connectivity index (χ4v) is 2.33. The number of hydrogen-bond donors (Lipinski definition) is 1. The molecule has 0 fully saturated rings. The number of ether oxygens (including phenoxy) is 2. The second-order valence-electron chi connectivity index (χ2n) is 3.99. The highest BCUT2D eigenvalue weighted by molar-refractivity contribution is 9.10. The summed E-state index contributed by atoms with van der Waals surface area (Å²) in [6, 6.07) is 7.17. The van der Waals surface area contributed by atoms with Crippen molar-refractivity contribution in [2.75, 3.05) is 14.2 Å². The average molecular weight is 323 g/mol. The van der Waals surface area contributed by atoms with Crippen molar-refractivity contribution in [3.05, 3.63) is 52.3 Å². The van der Waals surface area contributed by atoms with E-state index < -0.39 is 0 Å². The summed E-state index contributed by atoms with van der Waals surface area (Å²) in [7, 11) is 3.23. The molecule has 0 aliphatic carbocycles. The third-order valence-electron chi connectivity index (χ3n) is 2.86. The van der Waals surface area contributed by atoms with Gasteiger partial charge in [-0.05, 0) is 39.7 Å². The van der Waals surface area contributed by atoms with Crippen LogP contribution in [0.5, 0.6) is 11.5 Å². The molecule has 4 nitrogen and oxygen atoms in total. The van der Waals surface area contributed by atoms with Crippen LogP contribution in [0, 0.1) is 0 Å². The van der Waals surface area contributed by atoms with Crippen LogP contribution >= 0.6 is 15.9 Å². The predicted octanol–water partition coefficient (Wildman–Crippen LogP) is 2.91. The third kappa shape index (κ3) is 2.88. The number of pyridine rings is 1. The molecule has 2 N–H and O–H groups in total. The summed E-state index contributed by atoms with van der Waals surface area (Å²) in [5.74, 6) is 1.40. The molecule has 0 saturated heterocycles. The summed E-state index contributed by atoms with van der Waals surface area (Å²) in [5, 5.41) is 0. The Labute approximate surface area is 120 Å². The molecule has 2 rings (SSSR count). The van der Waals surface area contributed by atoms with Gasteiger partial charge < -0.3 is 15.2 Å². The van der Waals surface area contributed by atoms with Gasteiger partial charge in [-0.3, -0.25) is 4.98 Å². The van der Waals surface area contributed by atoms with Crippen LogP contribution in [0.3, 0.4) is 0 Å². The van der Waals surface area contributed by atoms with Crippen molar-refractivity contribution < 1.29 is 9.47 Å². The molecule has 1 unspecified atom stereocenters. The SMILES string of the molecule is COc1cccc(OC)c1C(N)c1cncc(Br)c1. The molecule has 0 spiro atoms. The summed E-state index contributed by atoms with van der Waals surface area (Å²) in [6.07, 6.45) is 3.46.